The van der Waals surface area contributed by atoms with Crippen molar-refractivity contribution in [2.45, 2.75) is 41.5 Å². The maximum absolute atomic E-state index is 11.1. The lowest BCUT2D eigenvalue weighted by Gasteiger charge is -1.95. The minimum absolute atomic E-state index is 0.256. The van der Waals surface area contributed by atoms with Crippen LogP contribution in [0.3, 0.4) is 0 Å². The molecular weight excluding hydrogens is 522 g/mol. The number of aliphatic carboxylic acids is 5. The molecule has 224 valence electrons. The van der Waals surface area contributed by atoms with E-state index in [1.807, 2.05) is 24.3 Å². The molecule has 1 aromatic carbocycles. The number of carbonyl (C=O) groups is 5. The van der Waals surface area contributed by atoms with Crippen LogP contribution in [0.1, 0.15) is 40.2 Å². The highest BCUT2D eigenvalue weighted by atomic mass is 16.4. The third kappa shape index (κ3) is 65.7. The number of nitrogens with one attached hydrogen (secondary N) is 1. The largest absolute Gasteiger partial charge is 0.481 e. The van der Waals surface area contributed by atoms with Gasteiger partial charge < -0.3 is 46.7 Å². The smallest absolute Gasteiger partial charge is 0.339 e. The fourth-order valence-electron chi connectivity index (χ4n) is 1.49. The highest BCUT2D eigenvalue weighted by Gasteiger charge is 1.98. The second-order valence-corrected chi connectivity index (χ2v) is 6.68. The van der Waals surface area contributed by atoms with Crippen LogP contribution in [-0.2, 0) is 24.0 Å². The van der Waals surface area contributed by atoms with Crippen LogP contribution in [-0.4, -0.2) is 81.6 Å². The molecule has 15 nitrogen and oxygen atoms in total. The van der Waals surface area contributed by atoms with Crippen molar-refractivity contribution < 1.29 is 53.9 Å². The van der Waals surface area contributed by atoms with E-state index in [1.165, 1.54) is 0 Å². The molecule has 15 heteroatoms. The lowest BCUT2D eigenvalue weighted by Crippen LogP contribution is -2.27. The van der Waals surface area contributed by atoms with Crippen molar-refractivity contribution in [3.8, 4) is 0 Å². The normalized spacial score (nSPS) is 8.10. The maximum Gasteiger partial charge on any atom is 0.339 e. The Bertz CT molecular complexity index is 914. The zero-order valence-corrected chi connectivity index (χ0v) is 23.0. The first kappa shape index (κ1) is 44.6. The van der Waals surface area contributed by atoms with Gasteiger partial charge in [0.2, 0.25) is 0 Å². The second-order valence-electron chi connectivity index (χ2n) is 6.68. The first-order valence-electron chi connectivity index (χ1n) is 10.9. The number of para-hydroxylation sites is 1. The molecule has 1 aromatic heterocycles. The molecule has 0 radical (unpaired) electrons. The van der Waals surface area contributed by atoms with Crippen LogP contribution in [0.4, 0.5) is 0 Å². The van der Waals surface area contributed by atoms with Gasteiger partial charge in [-0.05, 0) is 19.1 Å². The number of nitrogens with two attached hydrogens (primary N) is 2. The number of rotatable bonds is 4. The van der Waals surface area contributed by atoms with Gasteiger partial charge in [-0.2, -0.15) is 0 Å². The molecule has 0 unspecified atom stereocenters. The van der Waals surface area contributed by atoms with Gasteiger partial charge in [0, 0.05) is 71.7 Å². The number of carboxylic acid groups (broad SMARTS) is 5. The summed E-state index contributed by atoms with van der Waals surface area (Å²) in [6.45, 7) is 10.3. The molecule has 0 spiro atoms. The Balaban J connectivity index is -0.000000124. The maximum atomic E-state index is 11.1. The summed E-state index contributed by atoms with van der Waals surface area (Å²) in [5.74, 6) is -4.17. The van der Waals surface area contributed by atoms with Crippen LogP contribution in [0.15, 0.2) is 39.5 Å². The SMILES string of the molecule is CC(=O)O.CC(=O)O.CC(=O)O.CC(=O)O.CC(=O)O.Cc1cc2ccccc2oc1=O.NCCNCCN. The molecule has 0 saturated carbocycles. The molecule has 0 amide bonds. The number of carboxylic acids is 5. The monoisotopic (exact) mass is 563 g/mol. The van der Waals surface area contributed by atoms with E-state index in [4.69, 9.17) is 65.4 Å². The van der Waals surface area contributed by atoms with Crippen LogP contribution < -0.4 is 22.4 Å². The van der Waals surface area contributed by atoms with Crippen molar-refractivity contribution in [2.75, 3.05) is 26.2 Å². The van der Waals surface area contributed by atoms with Gasteiger partial charge in [0.15, 0.2) is 0 Å². The number of hydrogen-bond donors (Lipinski definition) is 8. The lowest BCUT2D eigenvalue weighted by atomic mass is 10.2. The standard InChI is InChI=1S/C10H8O2.C4H13N3.5C2H4O2/c1-7-6-8-4-2-3-5-9(8)12-10(7)11;5-1-3-7-4-2-6;5*1-2(3)4/h2-6H,1H3;7H,1-6H2;5*1H3,(H,3,4). The fraction of sp³-hybridized carbons (Fsp3) is 0.417. The molecule has 10 N–H and O–H groups in total. The minimum Gasteiger partial charge on any atom is -0.481 e. The minimum atomic E-state index is -0.833. The Kier molecular flexibility index (Phi) is 36.3. The van der Waals surface area contributed by atoms with Gasteiger partial charge >= 0.3 is 5.63 Å². The van der Waals surface area contributed by atoms with E-state index >= 15 is 0 Å². The van der Waals surface area contributed by atoms with Crippen LogP contribution >= 0.6 is 0 Å². The average molecular weight is 564 g/mol. The van der Waals surface area contributed by atoms with Gasteiger partial charge in [0.1, 0.15) is 5.58 Å². The summed E-state index contributed by atoms with van der Waals surface area (Å²) in [7, 11) is 0. The highest BCUT2D eigenvalue weighted by molar-refractivity contribution is 5.76. The Labute approximate surface area is 226 Å². The van der Waals surface area contributed by atoms with E-state index in [2.05, 4.69) is 5.32 Å². The third-order valence-corrected chi connectivity index (χ3v) is 2.46. The zero-order chi connectivity index (χ0) is 32.0. The summed E-state index contributed by atoms with van der Waals surface area (Å²) < 4.78 is 5.04. The number of hydrogen-bond acceptors (Lipinski definition) is 10. The quantitative estimate of drug-likeness (QED) is 0.190. The van der Waals surface area contributed by atoms with Gasteiger partial charge in [0.25, 0.3) is 29.8 Å². The molecule has 0 aliphatic carbocycles. The van der Waals surface area contributed by atoms with Crippen LogP contribution in [0, 0.1) is 6.92 Å². The Morgan fingerprint density at radius 3 is 1.33 bits per heavy atom. The Morgan fingerprint density at radius 2 is 1.03 bits per heavy atom. The van der Waals surface area contributed by atoms with Crippen molar-refractivity contribution in [2.24, 2.45) is 11.5 Å². The third-order valence-electron chi connectivity index (χ3n) is 2.46. The van der Waals surface area contributed by atoms with Crippen molar-refractivity contribution in [1.29, 1.82) is 0 Å². The summed E-state index contributed by atoms with van der Waals surface area (Å²) in [6, 6.07) is 9.31. The van der Waals surface area contributed by atoms with Gasteiger partial charge in [-0.1, -0.05) is 18.2 Å². The summed E-state index contributed by atoms with van der Waals surface area (Å²) in [5.41, 5.74) is 11.4. The van der Waals surface area contributed by atoms with Crippen molar-refractivity contribution in [1.82, 2.24) is 5.32 Å². The topological polar surface area (TPSA) is 281 Å². The summed E-state index contributed by atoms with van der Waals surface area (Å²) in [6.07, 6.45) is 0. The van der Waals surface area contributed by atoms with Crippen LogP contribution in [0.2, 0.25) is 0 Å². The summed E-state index contributed by atoms with van der Waals surface area (Å²) >= 11 is 0. The Morgan fingerprint density at radius 1 is 0.718 bits per heavy atom. The van der Waals surface area contributed by atoms with E-state index in [0.717, 1.165) is 53.1 Å². The molecule has 0 aliphatic heterocycles. The van der Waals surface area contributed by atoms with Crippen molar-refractivity contribution >= 4 is 40.8 Å². The molecule has 39 heavy (non-hydrogen) atoms. The van der Waals surface area contributed by atoms with E-state index in [9.17, 15) is 4.79 Å². The molecular formula is C24H41N3O12. The van der Waals surface area contributed by atoms with Gasteiger partial charge in [-0.25, -0.2) is 4.79 Å². The van der Waals surface area contributed by atoms with E-state index in [0.29, 0.717) is 24.2 Å². The molecule has 2 aromatic rings. The van der Waals surface area contributed by atoms with Gasteiger partial charge in [0.05, 0.1) is 0 Å². The molecule has 0 saturated heterocycles. The number of aryl methyl sites for hydroxylation is 1. The summed E-state index contributed by atoms with van der Waals surface area (Å²) in [5, 5.41) is 41.1. The fourth-order valence-corrected chi connectivity index (χ4v) is 1.49. The number of benzene rings is 1. The van der Waals surface area contributed by atoms with E-state index < -0.39 is 29.8 Å². The molecule has 0 aliphatic rings. The van der Waals surface area contributed by atoms with Gasteiger partial charge in [-0.15, -0.1) is 0 Å². The summed E-state index contributed by atoms with van der Waals surface area (Å²) in [4.78, 5) is 56.1. The first-order chi connectivity index (χ1) is 17.8. The van der Waals surface area contributed by atoms with Crippen molar-refractivity contribution in [3.63, 3.8) is 0 Å². The second kappa shape index (κ2) is 31.7. The van der Waals surface area contributed by atoms with Crippen LogP contribution in [0.5, 0.6) is 0 Å². The average Bonchev–Trinajstić information content (AvgIpc) is 2.73. The highest BCUT2D eigenvalue weighted by Crippen LogP contribution is 2.11. The predicted molar refractivity (Wildman–Crippen MR) is 145 cm³/mol. The molecule has 0 atom stereocenters. The van der Waals surface area contributed by atoms with Crippen LogP contribution in [0.25, 0.3) is 11.0 Å². The van der Waals surface area contributed by atoms with E-state index in [-0.39, 0.29) is 5.63 Å². The van der Waals surface area contributed by atoms with E-state index in [1.54, 1.807) is 13.0 Å². The predicted octanol–water partition coefficient (Wildman–Crippen LogP) is 1.05. The molecule has 2 rings (SSSR count). The zero-order valence-electron chi connectivity index (χ0n) is 23.0. The molecule has 0 bridgehead atoms. The molecule has 0 fully saturated rings. The molecule has 1 heterocycles. The van der Waals surface area contributed by atoms with Crippen molar-refractivity contribution in [3.05, 3.63) is 46.3 Å². The first-order valence-corrected chi connectivity index (χ1v) is 10.9. The lowest BCUT2D eigenvalue weighted by molar-refractivity contribution is -0.135. The Hall–Kier alpha value is -4.34. The number of fused-ring (bicyclic) bond motifs is 1. The van der Waals surface area contributed by atoms with Gasteiger partial charge in [-0.3, -0.25) is 24.0 Å².